The molecule has 0 aromatic heterocycles. The van der Waals surface area contributed by atoms with Crippen molar-refractivity contribution < 1.29 is 9.53 Å². The lowest BCUT2D eigenvalue weighted by atomic mass is 9.77. The van der Waals surface area contributed by atoms with Gasteiger partial charge in [-0.2, -0.15) is 5.26 Å². The fourth-order valence-corrected chi connectivity index (χ4v) is 3.15. The number of carbonyl (C=O) groups excluding carboxylic acids is 1. The lowest BCUT2D eigenvalue weighted by Gasteiger charge is -2.31. The van der Waals surface area contributed by atoms with Crippen LogP contribution in [0.25, 0.3) is 0 Å². The Hall–Kier alpha value is -2.74. The van der Waals surface area contributed by atoms with E-state index in [4.69, 9.17) is 10.5 Å². The molecule has 5 nitrogen and oxygen atoms in total. The van der Waals surface area contributed by atoms with Crippen LogP contribution in [0.4, 0.5) is 5.69 Å². The van der Waals surface area contributed by atoms with Crippen LogP contribution in [-0.4, -0.2) is 19.9 Å². The van der Waals surface area contributed by atoms with Crippen LogP contribution in [0.1, 0.15) is 30.7 Å². The van der Waals surface area contributed by atoms with Crippen molar-refractivity contribution >= 4 is 11.5 Å². The molecule has 1 aromatic carbocycles. The maximum atomic E-state index is 12.4. The standard InChI is InChI=1S/C18H19N3O2/c1-21(2)12-8-6-11(7-9-12)16-13(10-19)18(20)23-15-5-3-4-14(22)17(15)16/h6-9,16H,3-5,20H2,1-2H3/t16-/m1/s1. The lowest BCUT2D eigenvalue weighted by Crippen LogP contribution is -2.27. The highest BCUT2D eigenvalue weighted by molar-refractivity contribution is 5.99. The third kappa shape index (κ3) is 2.57. The normalized spacial score (nSPS) is 20.7. The number of rotatable bonds is 2. The smallest absolute Gasteiger partial charge is 0.205 e. The maximum absolute atomic E-state index is 12.4. The summed E-state index contributed by atoms with van der Waals surface area (Å²) in [6.45, 7) is 0. The first kappa shape index (κ1) is 15.2. The summed E-state index contributed by atoms with van der Waals surface area (Å²) in [5.41, 5.74) is 8.79. The molecule has 0 spiro atoms. The molecule has 23 heavy (non-hydrogen) atoms. The van der Waals surface area contributed by atoms with Gasteiger partial charge in [-0.25, -0.2) is 0 Å². The van der Waals surface area contributed by atoms with Crippen LogP contribution in [0, 0.1) is 11.3 Å². The molecule has 0 bridgehead atoms. The Morgan fingerprint density at radius 3 is 2.57 bits per heavy atom. The molecule has 0 amide bonds. The van der Waals surface area contributed by atoms with Crippen molar-refractivity contribution in [3.8, 4) is 6.07 Å². The van der Waals surface area contributed by atoms with E-state index in [2.05, 4.69) is 6.07 Å². The number of ketones is 1. The summed E-state index contributed by atoms with van der Waals surface area (Å²) in [7, 11) is 3.93. The Morgan fingerprint density at radius 1 is 1.26 bits per heavy atom. The first-order valence-corrected chi connectivity index (χ1v) is 7.64. The summed E-state index contributed by atoms with van der Waals surface area (Å²) in [6.07, 6.45) is 1.94. The van der Waals surface area contributed by atoms with Crippen molar-refractivity contribution in [1.29, 1.82) is 5.26 Å². The fourth-order valence-electron chi connectivity index (χ4n) is 3.15. The molecule has 5 heteroatoms. The van der Waals surface area contributed by atoms with Crippen molar-refractivity contribution in [2.45, 2.75) is 25.2 Å². The summed E-state index contributed by atoms with van der Waals surface area (Å²) in [5, 5.41) is 9.50. The average Bonchev–Trinajstić information content (AvgIpc) is 2.54. The highest BCUT2D eigenvalue weighted by atomic mass is 16.5. The molecule has 1 aromatic rings. The minimum Gasteiger partial charge on any atom is -0.444 e. The van der Waals surface area contributed by atoms with Crippen molar-refractivity contribution in [3.05, 3.63) is 52.6 Å². The van der Waals surface area contributed by atoms with Crippen LogP contribution in [0.2, 0.25) is 0 Å². The van der Waals surface area contributed by atoms with Gasteiger partial charge >= 0.3 is 0 Å². The third-order valence-corrected chi connectivity index (χ3v) is 4.35. The van der Waals surface area contributed by atoms with Crippen LogP contribution in [-0.2, 0) is 9.53 Å². The molecule has 0 fully saturated rings. The number of allylic oxidation sites excluding steroid dienone is 3. The first-order valence-electron chi connectivity index (χ1n) is 7.64. The van der Waals surface area contributed by atoms with Gasteiger partial charge in [-0.3, -0.25) is 4.79 Å². The van der Waals surface area contributed by atoms with Crippen molar-refractivity contribution in [3.63, 3.8) is 0 Å². The van der Waals surface area contributed by atoms with Gasteiger partial charge < -0.3 is 15.4 Å². The number of carbonyl (C=O) groups is 1. The Morgan fingerprint density at radius 2 is 1.96 bits per heavy atom. The zero-order valence-corrected chi connectivity index (χ0v) is 13.3. The summed E-state index contributed by atoms with van der Waals surface area (Å²) in [4.78, 5) is 14.4. The fraction of sp³-hybridized carbons (Fsp3) is 0.333. The molecule has 118 valence electrons. The van der Waals surface area contributed by atoms with Crippen molar-refractivity contribution in [2.75, 3.05) is 19.0 Å². The highest BCUT2D eigenvalue weighted by Crippen LogP contribution is 2.43. The second-order valence-corrected chi connectivity index (χ2v) is 6.02. The van der Waals surface area contributed by atoms with E-state index in [9.17, 15) is 10.1 Å². The summed E-state index contributed by atoms with van der Waals surface area (Å²) in [6, 6.07) is 9.97. The zero-order valence-electron chi connectivity index (χ0n) is 13.3. The van der Waals surface area contributed by atoms with E-state index in [0.29, 0.717) is 29.7 Å². The molecule has 1 heterocycles. The monoisotopic (exact) mass is 309 g/mol. The van der Waals surface area contributed by atoms with Gasteiger partial charge in [0.1, 0.15) is 17.4 Å². The predicted molar refractivity (Wildman–Crippen MR) is 87.3 cm³/mol. The Balaban J connectivity index is 2.11. The molecule has 2 N–H and O–H groups in total. The largest absolute Gasteiger partial charge is 0.444 e. The number of benzene rings is 1. The maximum Gasteiger partial charge on any atom is 0.205 e. The number of nitriles is 1. The predicted octanol–water partition coefficient (Wildman–Crippen LogP) is 2.57. The molecule has 1 aliphatic carbocycles. The number of anilines is 1. The Kier molecular flexibility index (Phi) is 3.83. The highest BCUT2D eigenvalue weighted by Gasteiger charge is 2.37. The van der Waals surface area contributed by atoms with Gasteiger partial charge in [0.15, 0.2) is 5.78 Å². The number of Topliss-reactive ketones (excluding diaryl/α,β-unsaturated/α-hetero) is 1. The SMILES string of the molecule is CN(C)c1ccc([C@@H]2C(C#N)=C(N)OC3=C2C(=O)CCC3)cc1. The van der Waals surface area contributed by atoms with E-state index in [0.717, 1.165) is 17.7 Å². The van der Waals surface area contributed by atoms with Gasteiger partial charge in [-0.05, 0) is 24.1 Å². The minimum atomic E-state index is -0.423. The van der Waals surface area contributed by atoms with Gasteiger partial charge in [0.25, 0.3) is 0 Å². The molecule has 0 saturated heterocycles. The summed E-state index contributed by atoms with van der Waals surface area (Å²) in [5.74, 6) is 0.364. The number of nitrogens with two attached hydrogens (primary N) is 1. The lowest BCUT2D eigenvalue weighted by molar-refractivity contribution is -0.116. The minimum absolute atomic E-state index is 0.0492. The van der Waals surface area contributed by atoms with Gasteiger partial charge in [0, 0.05) is 38.2 Å². The van der Waals surface area contributed by atoms with E-state index in [-0.39, 0.29) is 11.7 Å². The zero-order chi connectivity index (χ0) is 16.6. The quantitative estimate of drug-likeness (QED) is 0.908. The molecule has 1 atom stereocenters. The van der Waals surface area contributed by atoms with Crippen molar-refractivity contribution in [2.24, 2.45) is 5.73 Å². The van der Waals surface area contributed by atoms with E-state index in [1.807, 2.05) is 43.3 Å². The Bertz CT molecular complexity index is 751. The summed E-state index contributed by atoms with van der Waals surface area (Å²) < 4.78 is 5.56. The van der Waals surface area contributed by atoms with E-state index in [1.54, 1.807) is 0 Å². The molecule has 0 saturated carbocycles. The van der Waals surface area contributed by atoms with Gasteiger partial charge in [-0.15, -0.1) is 0 Å². The van der Waals surface area contributed by atoms with Crippen LogP contribution in [0.15, 0.2) is 47.1 Å². The van der Waals surface area contributed by atoms with Crippen LogP contribution >= 0.6 is 0 Å². The van der Waals surface area contributed by atoms with E-state index < -0.39 is 5.92 Å². The molecule has 0 unspecified atom stereocenters. The number of hydrogen-bond donors (Lipinski definition) is 1. The third-order valence-electron chi connectivity index (χ3n) is 4.35. The topological polar surface area (TPSA) is 79.3 Å². The number of nitrogens with zero attached hydrogens (tertiary/aromatic N) is 2. The van der Waals surface area contributed by atoms with E-state index in [1.165, 1.54) is 0 Å². The molecule has 2 aliphatic rings. The van der Waals surface area contributed by atoms with Gasteiger partial charge in [0.05, 0.1) is 5.92 Å². The van der Waals surface area contributed by atoms with Crippen LogP contribution in [0.3, 0.4) is 0 Å². The van der Waals surface area contributed by atoms with Crippen molar-refractivity contribution in [1.82, 2.24) is 0 Å². The number of ether oxygens (including phenoxy) is 1. The molecular weight excluding hydrogens is 290 g/mol. The molecule has 3 rings (SSSR count). The second kappa shape index (κ2) is 5.81. The van der Waals surface area contributed by atoms with Crippen LogP contribution < -0.4 is 10.6 Å². The summed E-state index contributed by atoms with van der Waals surface area (Å²) >= 11 is 0. The number of hydrogen-bond acceptors (Lipinski definition) is 5. The van der Waals surface area contributed by atoms with Gasteiger partial charge in [0.2, 0.25) is 5.88 Å². The van der Waals surface area contributed by atoms with Crippen LogP contribution in [0.5, 0.6) is 0 Å². The average molecular weight is 309 g/mol. The van der Waals surface area contributed by atoms with Gasteiger partial charge in [-0.1, -0.05) is 12.1 Å². The Labute approximate surface area is 135 Å². The molecule has 0 radical (unpaired) electrons. The van der Waals surface area contributed by atoms with E-state index >= 15 is 0 Å². The second-order valence-electron chi connectivity index (χ2n) is 6.02. The molecule has 1 aliphatic heterocycles. The molecular formula is C18H19N3O2. The first-order chi connectivity index (χ1) is 11.0.